The van der Waals surface area contributed by atoms with Gasteiger partial charge in [0.05, 0.1) is 23.5 Å². The van der Waals surface area contributed by atoms with Crippen LogP contribution in [0.2, 0.25) is 5.02 Å². The first-order chi connectivity index (χ1) is 7.99. The number of esters is 1. The Balaban J connectivity index is 3.23. The predicted octanol–water partition coefficient (Wildman–Crippen LogP) is 2.70. The minimum atomic E-state index is -0.579. The van der Waals surface area contributed by atoms with Crippen LogP contribution in [-0.4, -0.2) is 18.0 Å². The monoisotopic (exact) mass is 277 g/mol. The summed E-state index contributed by atoms with van der Waals surface area (Å²) in [5.41, 5.74) is 0.734. The Bertz CT molecular complexity index is 462. The molecule has 1 aromatic carbocycles. The number of nitrogens with zero attached hydrogens (tertiary/aromatic N) is 1. The average molecular weight is 278 g/mol. The third-order valence-electron chi connectivity index (χ3n) is 2.18. The molecule has 0 aliphatic rings. The smallest absolute Gasteiger partial charge is 0.309 e. The maximum Gasteiger partial charge on any atom is 0.309 e. The number of benzene rings is 1. The third-order valence-corrected chi connectivity index (χ3v) is 2.78. The Labute approximate surface area is 107 Å². The zero-order chi connectivity index (χ0) is 13.0. The molecule has 0 N–H and O–H groups in total. The van der Waals surface area contributed by atoms with Gasteiger partial charge >= 0.3 is 5.97 Å². The summed E-state index contributed by atoms with van der Waals surface area (Å²) in [5, 5.41) is 10.8. The van der Waals surface area contributed by atoms with Gasteiger partial charge in [-0.25, -0.2) is 0 Å². The minimum absolute atomic E-state index is 0.0726. The Hall–Kier alpha value is -1.33. The summed E-state index contributed by atoms with van der Waals surface area (Å²) in [7, 11) is 1.24. The fourth-order valence-electron chi connectivity index (χ4n) is 1.32. The van der Waals surface area contributed by atoms with Crippen molar-refractivity contribution in [2.75, 3.05) is 7.11 Å². The van der Waals surface area contributed by atoms with Crippen LogP contribution in [0.15, 0.2) is 12.1 Å². The van der Waals surface area contributed by atoms with Gasteiger partial charge in [-0.05, 0) is 11.1 Å². The molecule has 0 radical (unpaired) electrons. The number of nitro groups is 1. The summed E-state index contributed by atoms with van der Waals surface area (Å²) < 4.78 is 4.50. The molecular weight excluding hydrogens is 269 g/mol. The number of hydrogen-bond acceptors (Lipinski definition) is 4. The lowest BCUT2D eigenvalue weighted by molar-refractivity contribution is -0.384. The molecule has 0 bridgehead atoms. The van der Waals surface area contributed by atoms with Gasteiger partial charge in [-0.15, -0.1) is 11.6 Å². The number of halogens is 2. The van der Waals surface area contributed by atoms with Gasteiger partial charge in [0.1, 0.15) is 0 Å². The molecule has 92 valence electrons. The van der Waals surface area contributed by atoms with E-state index in [0.717, 1.165) is 0 Å². The van der Waals surface area contributed by atoms with Crippen molar-refractivity contribution in [1.29, 1.82) is 0 Å². The van der Waals surface area contributed by atoms with Crippen LogP contribution < -0.4 is 0 Å². The molecule has 0 spiro atoms. The average Bonchev–Trinajstić information content (AvgIpc) is 2.28. The van der Waals surface area contributed by atoms with E-state index < -0.39 is 10.9 Å². The third kappa shape index (κ3) is 3.31. The molecule has 1 aromatic rings. The number of rotatable bonds is 4. The quantitative estimate of drug-likeness (QED) is 0.367. The number of non-ortho nitro benzene ring substituents is 1. The predicted molar refractivity (Wildman–Crippen MR) is 63.4 cm³/mol. The number of methoxy groups -OCH3 is 1. The zero-order valence-corrected chi connectivity index (χ0v) is 10.4. The Kier molecular flexibility index (Phi) is 4.72. The lowest BCUT2D eigenvalue weighted by atomic mass is 10.0. The van der Waals surface area contributed by atoms with Crippen molar-refractivity contribution in [1.82, 2.24) is 0 Å². The molecule has 0 aliphatic heterocycles. The summed E-state index contributed by atoms with van der Waals surface area (Å²) >= 11 is 11.6. The van der Waals surface area contributed by atoms with Crippen molar-refractivity contribution >= 4 is 34.9 Å². The van der Waals surface area contributed by atoms with Gasteiger partial charge in [-0.3, -0.25) is 14.9 Å². The van der Waals surface area contributed by atoms with Crippen molar-refractivity contribution in [3.8, 4) is 0 Å². The highest BCUT2D eigenvalue weighted by atomic mass is 35.5. The molecule has 0 aromatic heterocycles. The Morgan fingerprint density at radius 1 is 1.53 bits per heavy atom. The van der Waals surface area contributed by atoms with Gasteiger partial charge in [-0.2, -0.15) is 0 Å². The Morgan fingerprint density at radius 2 is 2.18 bits per heavy atom. The number of hydrogen-bond donors (Lipinski definition) is 0. The highest BCUT2D eigenvalue weighted by Crippen LogP contribution is 2.28. The maximum atomic E-state index is 11.2. The summed E-state index contributed by atoms with van der Waals surface area (Å²) in [4.78, 5) is 21.2. The lowest BCUT2D eigenvalue weighted by Crippen LogP contribution is -2.07. The van der Waals surface area contributed by atoms with Crippen molar-refractivity contribution in [2.24, 2.45) is 0 Å². The lowest BCUT2D eigenvalue weighted by Gasteiger charge is -2.08. The molecule has 0 amide bonds. The normalized spacial score (nSPS) is 10.1. The van der Waals surface area contributed by atoms with Crippen molar-refractivity contribution in [3.05, 3.63) is 38.4 Å². The highest BCUT2D eigenvalue weighted by Gasteiger charge is 2.17. The number of carbonyl (C=O) groups excluding carboxylic acids is 1. The van der Waals surface area contributed by atoms with Gasteiger partial charge in [-0.1, -0.05) is 11.6 Å². The van der Waals surface area contributed by atoms with Crippen molar-refractivity contribution in [2.45, 2.75) is 12.3 Å². The molecule has 0 aliphatic carbocycles. The van der Waals surface area contributed by atoms with Crippen LogP contribution in [0.5, 0.6) is 0 Å². The van der Waals surface area contributed by atoms with Gasteiger partial charge in [0.15, 0.2) is 0 Å². The van der Waals surface area contributed by atoms with E-state index in [9.17, 15) is 14.9 Å². The van der Waals surface area contributed by atoms with E-state index in [4.69, 9.17) is 23.2 Å². The van der Waals surface area contributed by atoms with Crippen molar-refractivity contribution < 1.29 is 14.5 Å². The minimum Gasteiger partial charge on any atom is -0.469 e. The van der Waals surface area contributed by atoms with Crippen LogP contribution in [0, 0.1) is 10.1 Å². The molecule has 17 heavy (non-hydrogen) atoms. The molecule has 0 unspecified atom stereocenters. The zero-order valence-electron chi connectivity index (χ0n) is 8.91. The summed E-state index contributed by atoms with van der Waals surface area (Å²) in [6.07, 6.45) is -0.0973. The molecular formula is C10H9Cl2NO4. The largest absolute Gasteiger partial charge is 0.469 e. The van der Waals surface area contributed by atoms with Gasteiger partial charge < -0.3 is 4.74 Å². The first kappa shape index (κ1) is 13.7. The van der Waals surface area contributed by atoms with E-state index in [2.05, 4.69) is 4.74 Å². The van der Waals surface area contributed by atoms with E-state index in [1.165, 1.54) is 19.2 Å². The fraction of sp³-hybridized carbons (Fsp3) is 0.300. The van der Waals surface area contributed by atoms with Crippen LogP contribution in [-0.2, 0) is 21.8 Å². The number of carbonyl (C=O) groups is 1. The van der Waals surface area contributed by atoms with Crippen LogP contribution in [0.3, 0.4) is 0 Å². The SMILES string of the molecule is COC(=O)Cc1cc([N+](=O)[O-])cc(Cl)c1CCl. The summed E-state index contributed by atoms with van der Waals surface area (Å²) in [6, 6.07) is 2.49. The van der Waals surface area contributed by atoms with Crippen LogP contribution >= 0.6 is 23.2 Å². The molecule has 0 saturated heterocycles. The highest BCUT2D eigenvalue weighted by molar-refractivity contribution is 6.32. The topological polar surface area (TPSA) is 69.4 Å². The number of alkyl halides is 1. The van der Waals surface area contributed by atoms with Crippen LogP contribution in [0.1, 0.15) is 11.1 Å². The first-order valence-electron chi connectivity index (χ1n) is 4.58. The second kappa shape index (κ2) is 5.84. The first-order valence-corrected chi connectivity index (χ1v) is 5.49. The molecule has 0 saturated carbocycles. The maximum absolute atomic E-state index is 11.2. The second-order valence-corrected chi connectivity index (χ2v) is 3.88. The molecule has 0 atom stereocenters. The van der Waals surface area contributed by atoms with Crippen LogP contribution in [0.4, 0.5) is 5.69 Å². The summed E-state index contributed by atoms with van der Waals surface area (Å²) in [6.45, 7) is 0. The van der Waals surface area contributed by atoms with E-state index in [1.54, 1.807) is 0 Å². The molecule has 1 rings (SSSR count). The van der Waals surface area contributed by atoms with E-state index in [1.807, 2.05) is 0 Å². The fourth-order valence-corrected chi connectivity index (χ4v) is 2.00. The van der Waals surface area contributed by atoms with Gasteiger partial charge in [0, 0.05) is 18.0 Å². The number of nitro benzene ring substituents is 1. The van der Waals surface area contributed by atoms with Crippen LogP contribution in [0.25, 0.3) is 0 Å². The van der Waals surface area contributed by atoms with Gasteiger partial charge in [0.25, 0.3) is 5.69 Å². The molecule has 7 heteroatoms. The molecule has 0 heterocycles. The number of ether oxygens (including phenoxy) is 1. The van der Waals surface area contributed by atoms with Gasteiger partial charge in [0.2, 0.25) is 0 Å². The van der Waals surface area contributed by atoms with E-state index >= 15 is 0 Å². The Morgan fingerprint density at radius 3 is 2.65 bits per heavy atom. The standard InChI is InChI=1S/C10H9Cl2NO4/c1-17-10(14)3-6-2-7(13(15)16)4-9(12)8(6)5-11/h2,4H,3,5H2,1H3. The second-order valence-electron chi connectivity index (χ2n) is 3.21. The van der Waals surface area contributed by atoms with E-state index in [0.29, 0.717) is 11.1 Å². The van der Waals surface area contributed by atoms with E-state index in [-0.39, 0.29) is 23.0 Å². The summed E-state index contributed by atoms with van der Waals surface area (Å²) in [5.74, 6) is -0.434. The molecule has 0 fully saturated rings. The molecule has 5 nitrogen and oxygen atoms in total. The van der Waals surface area contributed by atoms with Crippen molar-refractivity contribution in [3.63, 3.8) is 0 Å².